The Morgan fingerprint density at radius 2 is 1.94 bits per heavy atom. The van der Waals surface area contributed by atoms with E-state index in [1.54, 1.807) is 4.90 Å². The smallest absolute Gasteiger partial charge is 0.303 e. The van der Waals surface area contributed by atoms with Gasteiger partial charge in [0.1, 0.15) is 0 Å². The minimum absolute atomic E-state index is 0.0350. The first-order valence-electron chi connectivity index (χ1n) is 6.25. The zero-order valence-electron chi connectivity index (χ0n) is 9.84. The lowest BCUT2D eigenvalue weighted by atomic mass is 10.00. The van der Waals surface area contributed by atoms with Crippen molar-refractivity contribution in [3.63, 3.8) is 0 Å². The van der Waals surface area contributed by atoms with E-state index < -0.39 is 5.97 Å². The minimum Gasteiger partial charge on any atom is -0.481 e. The van der Waals surface area contributed by atoms with Crippen molar-refractivity contribution < 1.29 is 19.8 Å². The molecular weight excluding hydrogens is 222 g/mol. The lowest BCUT2D eigenvalue weighted by Crippen LogP contribution is -2.30. The van der Waals surface area contributed by atoms with E-state index in [1.165, 1.54) is 0 Å². The van der Waals surface area contributed by atoms with Crippen LogP contribution < -0.4 is 0 Å². The van der Waals surface area contributed by atoms with E-state index >= 15 is 0 Å². The topological polar surface area (TPSA) is 77.8 Å². The van der Waals surface area contributed by atoms with Crippen LogP contribution in [0.4, 0.5) is 0 Å². The number of hydrogen-bond donors (Lipinski definition) is 2. The summed E-state index contributed by atoms with van der Waals surface area (Å²) in [4.78, 5) is 24.0. The van der Waals surface area contributed by atoms with Crippen molar-refractivity contribution in [2.45, 2.75) is 38.2 Å². The van der Waals surface area contributed by atoms with Gasteiger partial charge in [0.15, 0.2) is 0 Å². The predicted molar refractivity (Wildman–Crippen MR) is 60.3 cm³/mol. The number of nitrogens with zero attached hydrogens (tertiary/aromatic N) is 1. The molecule has 2 rings (SSSR count). The summed E-state index contributed by atoms with van der Waals surface area (Å²) in [5.74, 6) is -0.119. The van der Waals surface area contributed by atoms with Crippen LogP contribution in [-0.4, -0.2) is 46.2 Å². The van der Waals surface area contributed by atoms with Crippen molar-refractivity contribution in [1.82, 2.24) is 4.90 Å². The van der Waals surface area contributed by atoms with Crippen molar-refractivity contribution in [3.8, 4) is 0 Å². The zero-order valence-corrected chi connectivity index (χ0v) is 9.84. The normalized spacial score (nSPS) is 31.6. The summed E-state index contributed by atoms with van der Waals surface area (Å²) in [5.41, 5.74) is 0. The average Bonchev–Trinajstić information content (AvgIpc) is 2.81. The number of carbonyl (C=O) groups is 2. The molecule has 1 amide bonds. The number of fused-ring (bicyclic) bond motifs is 1. The van der Waals surface area contributed by atoms with Gasteiger partial charge >= 0.3 is 5.97 Å². The van der Waals surface area contributed by atoms with Crippen molar-refractivity contribution in [2.24, 2.45) is 11.8 Å². The molecular formula is C12H19NO4. The lowest BCUT2D eigenvalue weighted by Gasteiger charge is -2.18. The van der Waals surface area contributed by atoms with E-state index in [9.17, 15) is 14.7 Å². The van der Waals surface area contributed by atoms with Crippen LogP contribution in [0.3, 0.4) is 0 Å². The fraction of sp³-hybridized carbons (Fsp3) is 0.833. The van der Waals surface area contributed by atoms with Crippen LogP contribution in [0.2, 0.25) is 0 Å². The monoisotopic (exact) mass is 241 g/mol. The van der Waals surface area contributed by atoms with Gasteiger partial charge in [0, 0.05) is 31.8 Å². The average molecular weight is 241 g/mol. The third kappa shape index (κ3) is 2.77. The van der Waals surface area contributed by atoms with Gasteiger partial charge in [-0.25, -0.2) is 0 Å². The Hall–Kier alpha value is -1.10. The number of carbonyl (C=O) groups excluding carboxylic acids is 1. The molecule has 0 spiro atoms. The first-order valence-corrected chi connectivity index (χ1v) is 6.25. The molecule has 0 radical (unpaired) electrons. The van der Waals surface area contributed by atoms with Crippen molar-refractivity contribution in [1.29, 1.82) is 0 Å². The maximum atomic E-state index is 11.8. The van der Waals surface area contributed by atoms with Gasteiger partial charge < -0.3 is 15.1 Å². The van der Waals surface area contributed by atoms with E-state index in [4.69, 9.17) is 5.11 Å². The summed E-state index contributed by atoms with van der Waals surface area (Å²) in [6, 6.07) is 0. The van der Waals surface area contributed by atoms with Crippen LogP contribution in [0.15, 0.2) is 0 Å². The van der Waals surface area contributed by atoms with Gasteiger partial charge in [-0.1, -0.05) is 0 Å². The molecule has 3 atom stereocenters. The van der Waals surface area contributed by atoms with E-state index in [0.29, 0.717) is 25.3 Å². The highest BCUT2D eigenvalue weighted by atomic mass is 16.4. The number of aliphatic hydroxyl groups is 1. The predicted octanol–water partition coefficient (Wildman–Crippen LogP) is 0.471. The highest BCUT2D eigenvalue weighted by Crippen LogP contribution is 2.38. The van der Waals surface area contributed by atoms with Crippen LogP contribution >= 0.6 is 0 Å². The molecule has 0 aromatic rings. The standard InChI is InChI=1S/C12H19NO4/c14-10-5-4-8-6-13(7-9(8)10)11(15)2-1-3-12(16)17/h8-10,14H,1-7H2,(H,16,17). The lowest BCUT2D eigenvalue weighted by molar-refractivity contribution is -0.137. The van der Waals surface area contributed by atoms with Crippen LogP contribution in [-0.2, 0) is 9.59 Å². The van der Waals surface area contributed by atoms with E-state index in [-0.39, 0.29) is 24.3 Å². The number of carboxylic acid groups (broad SMARTS) is 1. The SMILES string of the molecule is O=C(O)CCCC(=O)N1CC2CCC(O)C2C1. The first-order chi connectivity index (χ1) is 8.08. The van der Waals surface area contributed by atoms with Gasteiger partial charge in [-0.15, -0.1) is 0 Å². The zero-order chi connectivity index (χ0) is 12.4. The second kappa shape index (κ2) is 5.04. The Labute approximate surface area is 100 Å². The van der Waals surface area contributed by atoms with Gasteiger partial charge in [0.2, 0.25) is 5.91 Å². The summed E-state index contributed by atoms with van der Waals surface area (Å²) in [7, 11) is 0. The molecule has 0 bridgehead atoms. The van der Waals surface area contributed by atoms with Crippen molar-refractivity contribution in [3.05, 3.63) is 0 Å². The third-order valence-corrected chi connectivity index (χ3v) is 3.95. The maximum Gasteiger partial charge on any atom is 0.303 e. The summed E-state index contributed by atoms with van der Waals surface area (Å²) >= 11 is 0. The molecule has 1 saturated carbocycles. The van der Waals surface area contributed by atoms with E-state index in [1.807, 2.05) is 0 Å². The Bertz CT molecular complexity index is 318. The molecule has 1 heterocycles. The second-order valence-electron chi connectivity index (χ2n) is 5.11. The van der Waals surface area contributed by atoms with Gasteiger partial charge in [0.25, 0.3) is 0 Å². The quantitative estimate of drug-likeness (QED) is 0.750. The molecule has 0 aromatic heterocycles. The van der Waals surface area contributed by atoms with E-state index in [0.717, 1.165) is 19.4 Å². The summed E-state index contributed by atoms with van der Waals surface area (Å²) in [5, 5.41) is 18.2. The molecule has 17 heavy (non-hydrogen) atoms. The largest absolute Gasteiger partial charge is 0.481 e. The Morgan fingerprint density at radius 1 is 1.18 bits per heavy atom. The highest BCUT2D eigenvalue weighted by molar-refractivity contribution is 5.77. The minimum atomic E-state index is -0.855. The number of amides is 1. The van der Waals surface area contributed by atoms with Gasteiger partial charge in [0.05, 0.1) is 6.10 Å². The van der Waals surface area contributed by atoms with Gasteiger partial charge in [-0.3, -0.25) is 9.59 Å². The maximum absolute atomic E-state index is 11.8. The molecule has 2 fully saturated rings. The van der Waals surface area contributed by atoms with Gasteiger partial charge in [-0.05, 0) is 25.2 Å². The fourth-order valence-corrected chi connectivity index (χ4v) is 2.99. The molecule has 5 nitrogen and oxygen atoms in total. The Balaban J connectivity index is 1.76. The molecule has 1 aliphatic heterocycles. The first kappa shape index (κ1) is 12.4. The molecule has 1 saturated heterocycles. The number of aliphatic carboxylic acids is 1. The molecule has 3 unspecified atom stereocenters. The molecule has 2 aliphatic rings. The highest BCUT2D eigenvalue weighted by Gasteiger charge is 2.42. The molecule has 5 heteroatoms. The molecule has 96 valence electrons. The van der Waals surface area contributed by atoms with Crippen molar-refractivity contribution in [2.75, 3.05) is 13.1 Å². The third-order valence-electron chi connectivity index (χ3n) is 3.95. The van der Waals surface area contributed by atoms with Crippen molar-refractivity contribution >= 4 is 11.9 Å². The number of likely N-dealkylation sites (tertiary alicyclic amines) is 1. The fourth-order valence-electron chi connectivity index (χ4n) is 2.99. The summed E-state index contributed by atoms with van der Waals surface area (Å²) in [6.07, 6.45) is 2.37. The number of hydrogen-bond acceptors (Lipinski definition) is 3. The summed E-state index contributed by atoms with van der Waals surface area (Å²) < 4.78 is 0. The Morgan fingerprint density at radius 3 is 2.59 bits per heavy atom. The second-order valence-corrected chi connectivity index (χ2v) is 5.11. The number of carboxylic acids is 1. The van der Waals surface area contributed by atoms with Crippen LogP contribution in [0.5, 0.6) is 0 Å². The van der Waals surface area contributed by atoms with Gasteiger partial charge in [-0.2, -0.15) is 0 Å². The van der Waals surface area contributed by atoms with E-state index in [2.05, 4.69) is 0 Å². The summed E-state index contributed by atoms with van der Waals surface area (Å²) in [6.45, 7) is 1.39. The Kier molecular flexibility index (Phi) is 3.66. The number of rotatable bonds is 4. The van der Waals surface area contributed by atoms with Crippen LogP contribution in [0.25, 0.3) is 0 Å². The molecule has 2 N–H and O–H groups in total. The van der Waals surface area contributed by atoms with Crippen LogP contribution in [0, 0.1) is 11.8 Å². The molecule has 1 aliphatic carbocycles. The molecule has 0 aromatic carbocycles. The van der Waals surface area contributed by atoms with Crippen LogP contribution in [0.1, 0.15) is 32.1 Å². The number of aliphatic hydroxyl groups excluding tert-OH is 1.